The van der Waals surface area contributed by atoms with Crippen LogP contribution in [0.4, 0.5) is 14.5 Å². The van der Waals surface area contributed by atoms with Crippen LogP contribution in [0.2, 0.25) is 8.67 Å². The van der Waals surface area contributed by atoms with E-state index >= 15 is 0 Å². The van der Waals surface area contributed by atoms with Gasteiger partial charge in [0.25, 0.3) is 5.91 Å². The van der Waals surface area contributed by atoms with E-state index in [-0.39, 0.29) is 19.9 Å². The number of benzene rings is 1. The van der Waals surface area contributed by atoms with Crippen molar-refractivity contribution in [3.05, 3.63) is 44.6 Å². The number of sulfone groups is 1. The quantitative estimate of drug-likeness (QED) is 0.684. The van der Waals surface area contributed by atoms with E-state index in [2.05, 4.69) is 5.32 Å². The number of hydrogen-bond acceptors (Lipinski definition) is 6. The fourth-order valence-corrected chi connectivity index (χ4v) is 3.88. The Morgan fingerprint density at radius 3 is 2.31 bits per heavy atom. The maximum Gasteiger partial charge on any atom is 0.341 e. The molecule has 0 bridgehead atoms. The molecule has 1 aromatic carbocycles. The lowest BCUT2D eigenvalue weighted by Gasteiger charge is -2.07. The topological polar surface area (TPSA) is 89.5 Å². The molecule has 0 atom stereocenters. The van der Waals surface area contributed by atoms with Crippen molar-refractivity contribution in [1.29, 1.82) is 0 Å². The Morgan fingerprint density at radius 1 is 1.19 bits per heavy atom. The lowest BCUT2D eigenvalue weighted by molar-refractivity contribution is -0.119. The van der Waals surface area contributed by atoms with E-state index in [9.17, 15) is 26.8 Å². The number of rotatable bonds is 6. The van der Waals surface area contributed by atoms with Crippen molar-refractivity contribution < 1.29 is 31.5 Å². The van der Waals surface area contributed by atoms with Crippen molar-refractivity contribution in [3.63, 3.8) is 0 Å². The summed E-state index contributed by atoms with van der Waals surface area (Å²) in [5, 5.41) is 2.32. The largest absolute Gasteiger partial charge is 0.452 e. The molecule has 0 aliphatic heterocycles. The average molecular weight is 444 g/mol. The van der Waals surface area contributed by atoms with Gasteiger partial charge in [-0.1, -0.05) is 23.2 Å². The van der Waals surface area contributed by atoms with Gasteiger partial charge < -0.3 is 10.1 Å². The van der Waals surface area contributed by atoms with Crippen molar-refractivity contribution in [2.75, 3.05) is 11.9 Å². The maximum atomic E-state index is 12.4. The van der Waals surface area contributed by atoms with Crippen LogP contribution in [-0.4, -0.2) is 32.7 Å². The van der Waals surface area contributed by atoms with E-state index in [0.29, 0.717) is 0 Å². The second kappa shape index (κ2) is 8.30. The number of amides is 1. The van der Waals surface area contributed by atoms with E-state index in [4.69, 9.17) is 27.9 Å². The molecule has 0 radical (unpaired) electrons. The van der Waals surface area contributed by atoms with Gasteiger partial charge in [0.05, 0.1) is 14.8 Å². The minimum Gasteiger partial charge on any atom is -0.452 e. The van der Waals surface area contributed by atoms with Crippen LogP contribution in [0, 0.1) is 0 Å². The number of carbonyl (C=O) groups excluding carboxylic acids is 2. The predicted molar refractivity (Wildman–Crippen MR) is 92.9 cm³/mol. The van der Waals surface area contributed by atoms with Gasteiger partial charge in [-0.2, -0.15) is 8.78 Å². The Morgan fingerprint density at radius 2 is 1.81 bits per heavy atom. The van der Waals surface area contributed by atoms with Gasteiger partial charge in [0.1, 0.15) is 4.34 Å². The number of alkyl halides is 2. The highest BCUT2D eigenvalue weighted by Gasteiger charge is 2.26. The Balaban J connectivity index is 1.94. The van der Waals surface area contributed by atoms with Crippen LogP contribution in [0.15, 0.2) is 35.2 Å². The summed E-state index contributed by atoms with van der Waals surface area (Å²) < 4.78 is 52.6. The minimum atomic E-state index is -4.71. The monoisotopic (exact) mass is 443 g/mol. The zero-order chi connectivity index (χ0) is 19.5. The van der Waals surface area contributed by atoms with Crippen molar-refractivity contribution in [2.24, 2.45) is 0 Å². The highest BCUT2D eigenvalue weighted by Crippen LogP contribution is 2.31. The normalized spacial score (nSPS) is 11.4. The van der Waals surface area contributed by atoms with E-state index in [1.165, 1.54) is 6.07 Å². The van der Waals surface area contributed by atoms with E-state index in [0.717, 1.165) is 35.6 Å². The van der Waals surface area contributed by atoms with Gasteiger partial charge in [0.2, 0.25) is 9.84 Å². The molecular weight excluding hydrogens is 435 g/mol. The molecule has 6 nitrogen and oxygen atoms in total. The summed E-state index contributed by atoms with van der Waals surface area (Å²) in [6.07, 6.45) is 0. The summed E-state index contributed by atoms with van der Waals surface area (Å²) in [5.41, 5.74) is 0.159. The molecule has 1 amide bonds. The predicted octanol–water partition coefficient (Wildman–Crippen LogP) is 3.85. The van der Waals surface area contributed by atoms with Crippen molar-refractivity contribution in [1.82, 2.24) is 0 Å². The number of halogens is 4. The highest BCUT2D eigenvalue weighted by molar-refractivity contribution is 7.91. The highest BCUT2D eigenvalue weighted by atomic mass is 35.5. The van der Waals surface area contributed by atoms with Crippen LogP contribution in [-0.2, 0) is 19.4 Å². The second-order valence-corrected chi connectivity index (χ2v) is 8.90. The zero-order valence-electron chi connectivity index (χ0n) is 12.5. The third kappa shape index (κ3) is 4.91. The van der Waals surface area contributed by atoms with Crippen LogP contribution in [0.3, 0.4) is 0 Å². The summed E-state index contributed by atoms with van der Waals surface area (Å²) in [7, 11) is -4.71. The number of hydrogen-bond donors (Lipinski definition) is 1. The molecule has 0 aliphatic carbocycles. The van der Waals surface area contributed by atoms with Crippen LogP contribution < -0.4 is 5.32 Å². The molecule has 12 heteroatoms. The van der Waals surface area contributed by atoms with Crippen molar-refractivity contribution in [3.8, 4) is 0 Å². The Labute approximate surface area is 160 Å². The van der Waals surface area contributed by atoms with Crippen LogP contribution in [0.25, 0.3) is 0 Å². The molecule has 140 valence electrons. The first kappa shape index (κ1) is 20.6. The molecule has 26 heavy (non-hydrogen) atoms. The van der Waals surface area contributed by atoms with Gasteiger partial charge in [-0.05, 0) is 30.3 Å². The van der Waals surface area contributed by atoms with Crippen LogP contribution in [0.1, 0.15) is 10.4 Å². The van der Waals surface area contributed by atoms with Crippen molar-refractivity contribution in [2.45, 2.75) is 10.7 Å². The van der Waals surface area contributed by atoms with E-state index in [1.807, 2.05) is 0 Å². The van der Waals surface area contributed by atoms with Crippen LogP contribution in [0.5, 0.6) is 0 Å². The lowest BCUT2D eigenvalue weighted by Crippen LogP contribution is -2.21. The first-order chi connectivity index (χ1) is 12.1. The average Bonchev–Trinajstić information content (AvgIpc) is 2.91. The first-order valence-electron chi connectivity index (χ1n) is 6.65. The number of ether oxygens (including phenoxy) is 1. The SMILES string of the molecule is O=C(COC(=O)c1cc(Cl)sc1Cl)Nc1ccc(S(=O)(=O)C(F)F)cc1. The van der Waals surface area contributed by atoms with Crippen LogP contribution >= 0.6 is 34.5 Å². The van der Waals surface area contributed by atoms with Gasteiger partial charge in [-0.25, -0.2) is 13.2 Å². The van der Waals surface area contributed by atoms with Gasteiger partial charge in [0.15, 0.2) is 6.61 Å². The van der Waals surface area contributed by atoms with E-state index in [1.54, 1.807) is 0 Å². The third-order valence-corrected chi connectivity index (χ3v) is 5.80. The molecule has 0 spiro atoms. The smallest absolute Gasteiger partial charge is 0.341 e. The Hall–Kier alpha value is -1.75. The van der Waals surface area contributed by atoms with Gasteiger partial charge in [-0.3, -0.25) is 4.79 Å². The number of carbonyl (C=O) groups is 2. The van der Waals surface area contributed by atoms with E-state index < -0.39 is 39.0 Å². The minimum absolute atomic E-state index is 0.0241. The van der Waals surface area contributed by atoms with Gasteiger partial charge in [-0.15, -0.1) is 11.3 Å². The number of nitrogens with one attached hydrogen (secondary N) is 1. The Bertz CT molecular complexity index is 929. The summed E-state index contributed by atoms with van der Waals surface area (Å²) >= 11 is 12.5. The Kier molecular flexibility index (Phi) is 6.56. The zero-order valence-corrected chi connectivity index (χ0v) is 15.7. The number of anilines is 1. The second-order valence-electron chi connectivity index (χ2n) is 4.69. The molecule has 1 N–H and O–H groups in total. The maximum absolute atomic E-state index is 12.4. The molecular formula is C14H9Cl2F2NO5S2. The summed E-state index contributed by atoms with van der Waals surface area (Å²) in [5.74, 6) is -5.10. The molecule has 0 unspecified atom stereocenters. The summed E-state index contributed by atoms with van der Waals surface area (Å²) in [6.45, 7) is -0.639. The fraction of sp³-hybridized carbons (Fsp3) is 0.143. The standard InChI is InChI=1S/C14H9Cl2F2NO5S2/c15-10-5-9(12(16)25-10)13(21)24-6-11(20)19-7-1-3-8(4-2-7)26(22,23)14(17)18/h1-5,14H,6H2,(H,19,20). The van der Waals surface area contributed by atoms with Gasteiger partial charge >= 0.3 is 11.7 Å². The molecule has 2 aromatic rings. The molecule has 0 saturated carbocycles. The summed E-state index contributed by atoms with van der Waals surface area (Å²) in [6, 6.07) is 5.42. The fourth-order valence-electron chi connectivity index (χ4n) is 1.72. The molecule has 2 rings (SSSR count). The first-order valence-corrected chi connectivity index (χ1v) is 9.77. The molecule has 1 aromatic heterocycles. The molecule has 0 saturated heterocycles. The third-order valence-electron chi connectivity index (χ3n) is 2.91. The van der Waals surface area contributed by atoms with Gasteiger partial charge in [0, 0.05) is 5.69 Å². The summed E-state index contributed by atoms with van der Waals surface area (Å²) in [4.78, 5) is 22.9. The molecule has 1 heterocycles. The molecule has 0 fully saturated rings. The lowest BCUT2D eigenvalue weighted by atomic mass is 10.3. The molecule has 0 aliphatic rings. The number of esters is 1. The van der Waals surface area contributed by atoms with Crippen molar-refractivity contribution >= 4 is 61.9 Å². The number of thiophene rings is 1.